The van der Waals surface area contributed by atoms with Gasteiger partial charge in [-0.15, -0.1) is 0 Å². The number of rotatable bonds is 10. The number of aryl methyl sites for hydroxylation is 1. The fourth-order valence-electron chi connectivity index (χ4n) is 2.58. The lowest BCUT2D eigenvalue weighted by Crippen LogP contribution is -2.51. The molecule has 4 N–H and O–H groups in total. The van der Waals surface area contributed by atoms with E-state index in [1.54, 1.807) is 24.3 Å². The molecule has 166 valence electrons. The van der Waals surface area contributed by atoms with Crippen molar-refractivity contribution in [3.05, 3.63) is 51.9 Å². The van der Waals surface area contributed by atoms with Crippen LogP contribution in [-0.2, 0) is 22.6 Å². The van der Waals surface area contributed by atoms with Gasteiger partial charge >= 0.3 is 5.97 Å². The predicted molar refractivity (Wildman–Crippen MR) is 113 cm³/mol. The second-order valence-corrected chi connectivity index (χ2v) is 7.85. The zero-order valence-corrected chi connectivity index (χ0v) is 17.9. The summed E-state index contributed by atoms with van der Waals surface area (Å²) in [5.74, 6) is -0.144. The number of fused-ring (bicyclic) bond motifs is 1. The Morgan fingerprint density at radius 1 is 1.23 bits per heavy atom. The van der Waals surface area contributed by atoms with E-state index in [0.717, 1.165) is 0 Å². The summed E-state index contributed by atoms with van der Waals surface area (Å²) in [6.07, 6.45) is 1.78. The van der Waals surface area contributed by atoms with E-state index in [1.807, 2.05) is 0 Å². The number of pyridine rings is 1. The van der Waals surface area contributed by atoms with Crippen molar-refractivity contribution in [2.45, 2.75) is 25.0 Å². The Balaban J connectivity index is 1.61. The number of aromatic nitrogens is 2. The molecule has 0 fully saturated rings. The monoisotopic (exact) mass is 469 g/mol. The Morgan fingerprint density at radius 2 is 2.00 bits per heavy atom. The van der Waals surface area contributed by atoms with E-state index in [0.29, 0.717) is 38.2 Å². The molecule has 3 aromatic rings. The molecule has 0 radical (unpaired) electrons. The van der Waals surface area contributed by atoms with E-state index in [1.165, 1.54) is 6.20 Å². The van der Waals surface area contributed by atoms with Gasteiger partial charge in [-0.2, -0.15) is 0 Å². The molecule has 31 heavy (non-hydrogen) atoms. The maximum Gasteiger partial charge on any atom is 0.306 e. The van der Waals surface area contributed by atoms with Crippen molar-refractivity contribution < 1.29 is 29.0 Å². The van der Waals surface area contributed by atoms with Crippen LogP contribution in [0.25, 0.3) is 11.0 Å². The standard InChI is InChI=1S/C20H21Cl2N3O6/c21-12-1-2-13(24-7-12)8-29-18-6-17-14(5-15(18)22)16(25-31-17)3-4-19(28)30-11-20(23,9-26)10-27/h1-2,5-7,26-27H,3-4,8-11,23H2. The first-order valence-electron chi connectivity index (χ1n) is 9.31. The Kier molecular flexibility index (Phi) is 7.69. The lowest BCUT2D eigenvalue weighted by Gasteiger charge is -2.23. The molecule has 0 aliphatic heterocycles. The van der Waals surface area contributed by atoms with Gasteiger partial charge in [0.15, 0.2) is 5.58 Å². The van der Waals surface area contributed by atoms with Crippen LogP contribution in [0, 0.1) is 0 Å². The Bertz CT molecular complexity index is 1040. The molecule has 0 bridgehead atoms. The van der Waals surface area contributed by atoms with E-state index in [-0.39, 0.29) is 26.1 Å². The molecule has 3 rings (SSSR count). The minimum absolute atomic E-state index is 0.00662. The van der Waals surface area contributed by atoms with E-state index < -0.39 is 24.7 Å². The van der Waals surface area contributed by atoms with Crippen LogP contribution < -0.4 is 10.5 Å². The number of hydrogen-bond acceptors (Lipinski definition) is 9. The number of carbonyl (C=O) groups is 1. The van der Waals surface area contributed by atoms with Gasteiger partial charge in [-0.1, -0.05) is 28.4 Å². The highest BCUT2D eigenvalue weighted by atomic mass is 35.5. The molecule has 2 heterocycles. The highest BCUT2D eigenvalue weighted by Crippen LogP contribution is 2.32. The number of aliphatic hydroxyl groups excluding tert-OH is 2. The average Bonchev–Trinajstić information content (AvgIpc) is 3.17. The maximum absolute atomic E-state index is 12.0. The third kappa shape index (κ3) is 6.05. The Labute approximate surface area is 187 Å². The summed E-state index contributed by atoms with van der Waals surface area (Å²) in [7, 11) is 0. The molecule has 0 saturated heterocycles. The van der Waals surface area contributed by atoms with E-state index in [4.69, 9.17) is 53.1 Å². The van der Waals surface area contributed by atoms with Gasteiger partial charge in [-0.05, 0) is 18.2 Å². The van der Waals surface area contributed by atoms with Crippen molar-refractivity contribution in [2.24, 2.45) is 5.73 Å². The molecule has 2 aromatic heterocycles. The van der Waals surface area contributed by atoms with Gasteiger partial charge in [-0.3, -0.25) is 9.78 Å². The molecular formula is C20H21Cl2N3O6. The van der Waals surface area contributed by atoms with Crippen LogP contribution in [0.4, 0.5) is 0 Å². The van der Waals surface area contributed by atoms with Crippen molar-refractivity contribution in [1.82, 2.24) is 10.1 Å². The van der Waals surface area contributed by atoms with Crippen molar-refractivity contribution in [3.63, 3.8) is 0 Å². The van der Waals surface area contributed by atoms with Crippen LogP contribution in [0.5, 0.6) is 5.75 Å². The van der Waals surface area contributed by atoms with Gasteiger partial charge < -0.3 is 29.9 Å². The smallest absolute Gasteiger partial charge is 0.306 e. The summed E-state index contributed by atoms with van der Waals surface area (Å²) in [5, 5.41) is 23.8. The van der Waals surface area contributed by atoms with Crippen LogP contribution >= 0.6 is 23.2 Å². The van der Waals surface area contributed by atoms with E-state index in [2.05, 4.69) is 10.1 Å². The molecule has 0 aliphatic rings. The van der Waals surface area contributed by atoms with Gasteiger partial charge in [-0.25, -0.2) is 0 Å². The fourth-order valence-corrected chi connectivity index (χ4v) is 2.91. The summed E-state index contributed by atoms with van der Waals surface area (Å²) in [6.45, 7) is -1.13. The Hall–Kier alpha value is -2.43. The van der Waals surface area contributed by atoms with Gasteiger partial charge in [0.05, 0.1) is 46.6 Å². The molecule has 0 atom stereocenters. The highest BCUT2D eigenvalue weighted by Gasteiger charge is 2.25. The number of nitrogens with zero attached hydrogens (tertiary/aromatic N) is 2. The van der Waals surface area contributed by atoms with Gasteiger partial charge in [0.25, 0.3) is 0 Å². The molecule has 0 unspecified atom stereocenters. The summed E-state index contributed by atoms with van der Waals surface area (Å²) < 4.78 is 16.1. The normalized spacial score (nSPS) is 11.6. The molecule has 11 heteroatoms. The average molecular weight is 470 g/mol. The van der Waals surface area contributed by atoms with Crippen molar-refractivity contribution in [2.75, 3.05) is 19.8 Å². The first-order chi connectivity index (χ1) is 14.8. The molecule has 1 aromatic carbocycles. The van der Waals surface area contributed by atoms with Crippen LogP contribution in [0.2, 0.25) is 10.0 Å². The molecule has 0 saturated carbocycles. The van der Waals surface area contributed by atoms with Crippen molar-refractivity contribution in [3.8, 4) is 5.75 Å². The van der Waals surface area contributed by atoms with Crippen molar-refractivity contribution in [1.29, 1.82) is 0 Å². The molecule has 9 nitrogen and oxygen atoms in total. The number of nitrogens with two attached hydrogens (primary N) is 1. The summed E-state index contributed by atoms with van der Waals surface area (Å²) in [6, 6.07) is 6.73. The number of hydrogen-bond donors (Lipinski definition) is 3. The van der Waals surface area contributed by atoms with Crippen LogP contribution in [0.3, 0.4) is 0 Å². The summed E-state index contributed by atoms with van der Waals surface area (Å²) >= 11 is 12.1. The van der Waals surface area contributed by atoms with E-state index >= 15 is 0 Å². The maximum atomic E-state index is 12.0. The van der Waals surface area contributed by atoms with E-state index in [9.17, 15) is 4.79 Å². The largest absolute Gasteiger partial charge is 0.486 e. The summed E-state index contributed by atoms with van der Waals surface area (Å²) in [4.78, 5) is 16.1. The zero-order valence-electron chi connectivity index (χ0n) is 16.4. The van der Waals surface area contributed by atoms with Crippen LogP contribution in [0.1, 0.15) is 17.8 Å². The Morgan fingerprint density at radius 3 is 2.68 bits per heavy atom. The number of benzene rings is 1. The minimum Gasteiger partial charge on any atom is -0.486 e. The number of aliphatic hydroxyl groups is 2. The SMILES string of the molecule is NC(CO)(CO)COC(=O)CCc1noc2cc(OCc3ccc(Cl)cn3)c(Cl)cc12. The number of ether oxygens (including phenoxy) is 2. The second kappa shape index (κ2) is 10.3. The lowest BCUT2D eigenvalue weighted by atomic mass is 10.1. The third-order valence-corrected chi connectivity index (χ3v) is 5.00. The first kappa shape index (κ1) is 23.2. The molecule has 0 spiro atoms. The quantitative estimate of drug-likeness (QED) is 0.381. The second-order valence-electron chi connectivity index (χ2n) is 7.00. The summed E-state index contributed by atoms with van der Waals surface area (Å²) in [5.41, 5.74) is 5.96. The van der Waals surface area contributed by atoms with Crippen molar-refractivity contribution >= 4 is 40.1 Å². The molecule has 0 amide bonds. The predicted octanol–water partition coefficient (Wildman–Crippen LogP) is 2.27. The topological polar surface area (TPSA) is 141 Å². The zero-order chi connectivity index (χ0) is 22.4. The fraction of sp³-hybridized carbons (Fsp3) is 0.350. The van der Waals surface area contributed by atoms with Gasteiger partial charge in [0.2, 0.25) is 0 Å². The lowest BCUT2D eigenvalue weighted by molar-refractivity contribution is -0.146. The highest BCUT2D eigenvalue weighted by molar-refractivity contribution is 6.32. The number of halogens is 2. The van der Waals surface area contributed by atoms with Crippen LogP contribution in [-0.4, -0.2) is 51.7 Å². The van der Waals surface area contributed by atoms with Crippen LogP contribution in [0.15, 0.2) is 35.0 Å². The number of esters is 1. The number of carbonyl (C=O) groups excluding carboxylic acids is 1. The molecular weight excluding hydrogens is 449 g/mol. The molecule has 0 aliphatic carbocycles. The van der Waals surface area contributed by atoms with Gasteiger partial charge in [0.1, 0.15) is 19.0 Å². The minimum atomic E-state index is -1.37. The van der Waals surface area contributed by atoms with Gasteiger partial charge in [0, 0.05) is 24.1 Å². The third-order valence-electron chi connectivity index (χ3n) is 4.48. The first-order valence-corrected chi connectivity index (χ1v) is 10.1.